The first-order valence-electron chi connectivity index (χ1n) is 10.1. The van der Waals surface area contributed by atoms with Crippen molar-refractivity contribution in [2.75, 3.05) is 13.6 Å². The Labute approximate surface area is 184 Å². The molecule has 0 N–H and O–H groups in total. The Balaban J connectivity index is 1.60. The van der Waals surface area contributed by atoms with Gasteiger partial charge in [-0.2, -0.15) is 0 Å². The highest BCUT2D eigenvalue weighted by molar-refractivity contribution is 7.98. The molecular formula is C24H23N3OS2. The van der Waals surface area contributed by atoms with Crippen molar-refractivity contribution in [1.29, 1.82) is 0 Å². The highest BCUT2D eigenvalue weighted by atomic mass is 32.2. The second kappa shape index (κ2) is 8.38. The molecule has 1 aliphatic rings. The summed E-state index contributed by atoms with van der Waals surface area (Å²) < 4.78 is 1.87. The summed E-state index contributed by atoms with van der Waals surface area (Å²) in [6.45, 7) is 2.44. The molecule has 4 aromatic rings. The van der Waals surface area contributed by atoms with Crippen LogP contribution < -0.4 is 5.56 Å². The fraction of sp³-hybridized carbons (Fsp3) is 0.250. The van der Waals surface area contributed by atoms with E-state index in [-0.39, 0.29) is 5.56 Å². The summed E-state index contributed by atoms with van der Waals surface area (Å²) in [5.41, 5.74) is 3.66. The van der Waals surface area contributed by atoms with Gasteiger partial charge in [-0.15, -0.1) is 11.3 Å². The van der Waals surface area contributed by atoms with Crippen LogP contribution in [0.4, 0.5) is 0 Å². The first-order chi connectivity index (χ1) is 14.7. The highest BCUT2D eigenvalue weighted by Crippen LogP contribution is 2.33. The third kappa shape index (κ3) is 3.83. The number of aromatic nitrogens is 2. The van der Waals surface area contributed by atoms with E-state index >= 15 is 0 Å². The number of hydrogen-bond acceptors (Lipinski definition) is 5. The fourth-order valence-electron chi connectivity index (χ4n) is 3.92. The molecule has 2 aromatic carbocycles. The Morgan fingerprint density at radius 3 is 2.47 bits per heavy atom. The van der Waals surface area contributed by atoms with Crippen molar-refractivity contribution in [1.82, 2.24) is 14.5 Å². The minimum Gasteiger partial charge on any atom is -0.301 e. The van der Waals surface area contributed by atoms with Crippen LogP contribution >= 0.6 is 23.1 Å². The van der Waals surface area contributed by atoms with Crippen LogP contribution in [0.25, 0.3) is 10.2 Å². The number of thioether (sulfide) groups is 1. The molecule has 0 aliphatic carbocycles. The average Bonchev–Trinajstić information content (AvgIpc) is 3.13. The number of hydrogen-bond donors (Lipinski definition) is 0. The standard InChI is InChI=1S/C24H23N3OS2/c1-26-13-12-19-20(15-26)30-22-21(19)23(28)27(14-17-8-4-2-5-9-17)24(25-22)29-16-18-10-6-3-7-11-18/h2-11H,12-16H2,1H3. The Morgan fingerprint density at radius 1 is 1.03 bits per heavy atom. The molecule has 0 bridgehead atoms. The Kier molecular flexibility index (Phi) is 5.46. The van der Waals surface area contributed by atoms with E-state index in [4.69, 9.17) is 4.98 Å². The van der Waals surface area contributed by atoms with E-state index in [1.807, 2.05) is 41.0 Å². The van der Waals surface area contributed by atoms with Crippen molar-refractivity contribution in [3.63, 3.8) is 0 Å². The molecule has 0 radical (unpaired) electrons. The molecule has 3 heterocycles. The van der Waals surface area contributed by atoms with Crippen molar-refractivity contribution in [3.8, 4) is 0 Å². The highest BCUT2D eigenvalue weighted by Gasteiger charge is 2.24. The van der Waals surface area contributed by atoms with Gasteiger partial charge in [0.2, 0.25) is 0 Å². The van der Waals surface area contributed by atoms with E-state index in [1.54, 1.807) is 23.1 Å². The van der Waals surface area contributed by atoms with Crippen LogP contribution in [0, 0.1) is 0 Å². The fourth-order valence-corrected chi connectivity index (χ4v) is 6.22. The maximum atomic E-state index is 13.7. The van der Waals surface area contributed by atoms with Crippen LogP contribution in [-0.2, 0) is 25.3 Å². The van der Waals surface area contributed by atoms with Crippen LogP contribution in [0.2, 0.25) is 0 Å². The Bertz CT molecular complexity index is 1230. The normalized spacial score (nSPS) is 14.2. The van der Waals surface area contributed by atoms with Gasteiger partial charge in [0.15, 0.2) is 5.16 Å². The zero-order valence-corrected chi connectivity index (χ0v) is 18.5. The first kappa shape index (κ1) is 19.5. The number of likely N-dealkylation sites (N-methyl/N-ethyl adjacent to an activating group) is 1. The molecular weight excluding hydrogens is 410 g/mol. The smallest absolute Gasteiger partial charge is 0.263 e. The molecule has 0 saturated carbocycles. The van der Waals surface area contributed by atoms with Gasteiger partial charge in [-0.25, -0.2) is 4.98 Å². The van der Waals surface area contributed by atoms with E-state index in [0.717, 1.165) is 46.2 Å². The Morgan fingerprint density at radius 2 is 1.73 bits per heavy atom. The van der Waals surface area contributed by atoms with Crippen LogP contribution in [0.3, 0.4) is 0 Å². The van der Waals surface area contributed by atoms with Gasteiger partial charge in [0, 0.05) is 23.7 Å². The number of rotatable bonds is 5. The summed E-state index contributed by atoms with van der Waals surface area (Å²) in [7, 11) is 2.13. The molecule has 152 valence electrons. The summed E-state index contributed by atoms with van der Waals surface area (Å²) >= 11 is 3.33. The second-order valence-corrected chi connectivity index (χ2v) is 9.74. The summed E-state index contributed by atoms with van der Waals surface area (Å²) in [6, 6.07) is 20.5. The van der Waals surface area contributed by atoms with Crippen LogP contribution in [0.1, 0.15) is 21.6 Å². The predicted molar refractivity (Wildman–Crippen MR) is 125 cm³/mol. The lowest BCUT2D eigenvalue weighted by Crippen LogP contribution is -2.27. The average molecular weight is 434 g/mol. The van der Waals surface area contributed by atoms with E-state index in [1.165, 1.54) is 16.0 Å². The van der Waals surface area contributed by atoms with Crippen molar-refractivity contribution >= 4 is 33.3 Å². The maximum Gasteiger partial charge on any atom is 0.263 e. The molecule has 0 unspecified atom stereocenters. The minimum atomic E-state index is 0.0986. The van der Waals surface area contributed by atoms with Crippen molar-refractivity contribution in [2.45, 2.75) is 30.4 Å². The maximum absolute atomic E-state index is 13.7. The predicted octanol–water partition coefficient (Wildman–Crippen LogP) is 4.79. The minimum absolute atomic E-state index is 0.0986. The van der Waals surface area contributed by atoms with E-state index < -0.39 is 0 Å². The third-order valence-corrected chi connectivity index (χ3v) is 7.67. The van der Waals surface area contributed by atoms with Crippen LogP contribution in [-0.4, -0.2) is 28.0 Å². The monoisotopic (exact) mass is 433 g/mol. The molecule has 0 spiro atoms. The van der Waals surface area contributed by atoms with Gasteiger partial charge in [0.05, 0.1) is 11.9 Å². The number of thiophene rings is 1. The van der Waals surface area contributed by atoms with Crippen LogP contribution in [0.15, 0.2) is 70.6 Å². The van der Waals surface area contributed by atoms with E-state index in [9.17, 15) is 4.79 Å². The van der Waals surface area contributed by atoms with E-state index in [0.29, 0.717) is 6.54 Å². The lowest BCUT2D eigenvalue weighted by molar-refractivity contribution is 0.318. The Hall–Kier alpha value is -2.41. The van der Waals surface area contributed by atoms with Gasteiger partial charge in [0.25, 0.3) is 5.56 Å². The van der Waals surface area contributed by atoms with Crippen LogP contribution in [0.5, 0.6) is 0 Å². The molecule has 30 heavy (non-hydrogen) atoms. The van der Waals surface area contributed by atoms with Gasteiger partial charge in [-0.1, -0.05) is 72.4 Å². The van der Waals surface area contributed by atoms with Gasteiger partial charge < -0.3 is 4.90 Å². The molecule has 0 saturated heterocycles. The van der Waals surface area contributed by atoms with E-state index in [2.05, 4.69) is 36.2 Å². The quantitative estimate of drug-likeness (QED) is 0.335. The molecule has 5 rings (SSSR count). The second-order valence-electron chi connectivity index (χ2n) is 7.72. The zero-order valence-electron chi connectivity index (χ0n) is 16.9. The van der Waals surface area contributed by atoms with Crippen molar-refractivity contribution in [3.05, 3.63) is 92.6 Å². The summed E-state index contributed by atoms with van der Waals surface area (Å²) in [5.74, 6) is 0.793. The third-order valence-electron chi connectivity index (χ3n) is 5.51. The largest absolute Gasteiger partial charge is 0.301 e. The lowest BCUT2D eigenvalue weighted by Gasteiger charge is -2.21. The van der Waals surface area contributed by atoms with Crippen molar-refractivity contribution < 1.29 is 0 Å². The number of benzene rings is 2. The molecule has 0 fully saturated rings. The molecule has 6 heteroatoms. The van der Waals surface area contributed by atoms with Gasteiger partial charge in [0.1, 0.15) is 4.83 Å². The molecule has 4 nitrogen and oxygen atoms in total. The van der Waals surface area contributed by atoms with Gasteiger partial charge in [-0.3, -0.25) is 9.36 Å². The lowest BCUT2D eigenvalue weighted by atomic mass is 10.1. The van der Waals surface area contributed by atoms with Gasteiger partial charge in [-0.05, 0) is 30.2 Å². The number of nitrogens with zero attached hydrogens (tertiary/aromatic N) is 3. The first-order valence-corrected chi connectivity index (χ1v) is 11.9. The molecule has 1 aliphatic heterocycles. The summed E-state index contributed by atoms with van der Waals surface area (Å²) in [6.07, 6.45) is 0.921. The molecule has 0 amide bonds. The zero-order chi connectivity index (χ0) is 20.5. The molecule has 2 aromatic heterocycles. The molecule has 0 atom stereocenters. The van der Waals surface area contributed by atoms with Crippen molar-refractivity contribution in [2.24, 2.45) is 0 Å². The summed E-state index contributed by atoms with van der Waals surface area (Å²) in [4.78, 5) is 23.2. The topological polar surface area (TPSA) is 38.1 Å². The number of fused-ring (bicyclic) bond motifs is 3. The SMILES string of the molecule is CN1CCc2c(sc3nc(SCc4ccccc4)n(Cc4ccccc4)c(=O)c23)C1. The van der Waals surface area contributed by atoms with Gasteiger partial charge >= 0.3 is 0 Å². The summed E-state index contributed by atoms with van der Waals surface area (Å²) in [5, 5.41) is 1.63.